The van der Waals surface area contributed by atoms with Crippen LogP contribution in [0.5, 0.6) is 0 Å². The van der Waals surface area contributed by atoms with E-state index in [2.05, 4.69) is 21.4 Å². The van der Waals surface area contributed by atoms with Gasteiger partial charge >= 0.3 is 0 Å². The average Bonchev–Trinajstić information content (AvgIpc) is 2.78. The Morgan fingerprint density at radius 2 is 2.13 bits per heavy atom. The molecule has 3 rings (SSSR count). The van der Waals surface area contributed by atoms with E-state index in [-0.39, 0.29) is 30.3 Å². The second-order valence-corrected chi connectivity index (χ2v) is 6.46. The molecule has 0 aromatic carbocycles. The quantitative estimate of drug-likeness (QED) is 0.854. The Balaban J connectivity index is 1.56. The van der Waals surface area contributed by atoms with E-state index in [1.807, 2.05) is 30.4 Å². The van der Waals surface area contributed by atoms with Crippen molar-refractivity contribution >= 4 is 11.8 Å². The van der Waals surface area contributed by atoms with Crippen molar-refractivity contribution in [2.24, 2.45) is 0 Å². The first-order valence-electron chi connectivity index (χ1n) is 8.32. The number of carbonyl (C=O) groups excluding carboxylic acids is 2. The number of nitrogens with one attached hydrogen (secondary N) is 1. The number of hydrogen-bond acceptors (Lipinski definition) is 4. The molecule has 7 heteroatoms. The molecule has 1 aromatic heterocycles. The van der Waals surface area contributed by atoms with Crippen molar-refractivity contribution in [2.75, 3.05) is 32.7 Å². The topological polar surface area (TPSA) is 70.5 Å². The van der Waals surface area contributed by atoms with Crippen molar-refractivity contribution in [1.82, 2.24) is 24.9 Å². The van der Waals surface area contributed by atoms with Gasteiger partial charge in [0, 0.05) is 31.9 Å². The van der Waals surface area contributed by atoms with Crippen LogP contribution in [0.2, 0.25) is 0 Å². The molecule has 0 aliphatic carbocycles. The van der Waals surface area contributed by atoms with Crippen LogP contribution < -0.4 is 5.32 Å². The third kappa shape index (κ3) is 3.10. The Hall–Kier alpha value is -1.89. The van der Waals surface area contributed by atoms with E-state index in [0.717, 1.165) is 24.5 Å². The molecule has 0 bridgehead atoms. The fourth-order valence-electron chi connectivity index (χ4n) is 3.49. The molecule has 0 spiro atoms. The molecule has 1 atom stereocenters. The van der Waals surface area contributed by atoms with Gasteiger partial charge in [0.05, 0.1) is 24.2 Å². The van der Waals surface area contributed by atoms with Gasteiger partial charge in [0.2, 0.25) is 11.8 Å². The molecule has 3 heterocycles. The largest absolute Gasteiger partial charge is 0.353 e. The number of piperazine rings is 1. The monoisotopic (exact) mass is 319 g/mol. The summed E-state index contributed by atoms with van der Waals surface area (Å²) in [5, 5.41) is 7.34. The van der Waals surface area contributed by atoms with E-state index < -0.39 is 0 Å². The van der Waals surface area contributed by atoms with Gasteiger partial charge in [-0.15, -0.1) is 0 Å². The van der Waals surface area contributed by atoms with Crippen LogP contribution in [0.15, 0.2) is 6.07 Å². The van der Waals surface area contributed by atoms with Crippen LogP contribution in [0.4, 0.5) is 0 Å². The fraction of sp³-hybridized carbons (Fsp3) is 0.688. The first-order chi connectivity index (χ1) is 11.0. The van der Waals surface area contributed by atoms with Crippen molar-refractivity contribution < 1.29 is 9.59 Å². The van der Waals surface area contributed by atoms with Gasteiger partial charge in [-0.3, -0.25) is 19.2 Å². The van der Waals surface area contributed by atoms with Crippen LogP contribution in [0.1, 0.15) is 30.8 Å². The molecule has 2 aliphatic rings. The van der Waals surface area contributed by atoms with Crippen molar-refractivity contribution in [2.45, 2.75) is 39.3 Å². The fourth-order valence-corrected chi connectivity index (χ4v) is 3.49. The second kappa shape index (κ2) is 6.31. The molecule has 7 nitrogen and oxygen atoms in total. The Bertz CT molecular complexity index is 606. The summed E-state index contributed by atoms with van der Waals surface area (Å²) in [6.45, 7) is 9.68. The van der Waals surface area contributed by atoms with E-state index in [1.54, 1.807) is 0 Å². The third-order valence-electron chi connectivity index (χ3n) is 4.82. The molecular formula is C16H25N5O2. The van der Waals surface area contributed by atoms with Crippen LogP contribution in [0, 0.1) is 13.8 Å². The minimum Gasteiger partial charge on any atom is -0.353 e. The van der Waals surface area contributed by atoms with Gasteiger partial charge in [0.15, 0.2) is 0 Å². The smallest absolute Gasteiger partial charge is 0.237 e. The predicted molar refractivity (Wildman–Crippen MR) is 86.0 cm³/mol. The lowest BCUT2D eigenvalue weighted by Gasteiger charge is -2.41. The summed E-state index contributed by atoms with van der Waals surface area (Å²) in [7, 11) is 0. The Kier molecular flexibility index (Phi) is 4.39. The van der Waals surface area contributed by atoms with Gasteiger partial charge in [-0.05, 0) is 26.5 Å². The van der Waals surface area contributed by atoms with Gasteiger partial charge < -0.3 is 10.2 Å². The maximum absolute atomic E-state index is 12.5. The maximum Gasteiger partial charge on any atom is 0.237 e. The lowest BCUT2D eigenvalue weighted by Crippen LogP contribution is -2.58. The minimum absolute atomic E-state index is 0.0259. The Morgan fingerprint density at radius 1 is 1.39 bits per heavy atom. The molecule has 0 saturated carbocycles. The van der Waals surface area contributed by atoms with Crippen LogP contribution in [-0.2, 0) is 9.59 Å². The molecule has 1 unspecified atom stereocenters. The van der Waals surface area contributed by atoms with Crippen LogP contribution >= 0.6 is 0 Å². The zero-order valence-corrected chi connectivity index (χ0v) is 14.1. The van der Waals surface area contributed by atoms with Crippen molar-refractivity contribution in [3.8, 4) is 0 Å². The summed E-state index contributed by atoms with van der Waals surface area (Å²) >= 11 is 0. The highest BCUT2D eigenvalue weighted by Crippen LogP contribution is 2.24. The number of aryl methyl sites for hydroxylation is 2. The van der Waals surface area contributed by atoms with Crippen LogP contribution in [-0.4, -0.2) is 70.2 Å². The van der Waals surface area contributed by atoms with Gasteiger partial charge in [0.25, 0.3) is 0 Å². The van der Waals surface area contributed by atoms with E-state index >= 15 is 0 Å². The molecule has 2 fully saturated rings. The van der Waals surface area contributed by atoms with Gasteiger partial charge in [-0.1, -0.05) is 6.92 Å². The van der Waals surface area contributed by atoms with Crippen molar-refractivity contribution in [3.05, 3.63) is 17.5 Å². The van der Waals surface area contributed by atoms with E-state index in [0.29, 0.717) is 19.6 Å². The molecule has 1 N–H and O–H groups in total. The van der Waals surface area contributed by atoms with Crippen molar-refractivity contribution in [3.63, 3.8) is 0 Å². The van der Waals surface area contributed by atoms with Crippen LogP contribution in [0.3, 0.4) is 0 Å². The number of likely N-dealkylation sites (N-methyl/N-ethyl adjacent to an activating group) is 1. The Morgan fingerprint density at radius 3 is 2.74 bits per heavy atom. The minimum atomic E-state index is -0.325. The average molecular weight is 319 g/mol. The molecular weight excluding hydrogens is 294 g/mol. The molecule has 1 aromatic rings. The third-order valence-corrected chi connectivity index (χ3v) is 4.82. The number of likely N-dealkylation sites (tertiary alicyclic amines) is 1. The number of nitrogens with zero attached hydrogens (tertiary/aromatic N) is 4. The number of rotatable bonds is 4. The Labute approximate surface area is 136 Å². The molecule has 2 saturated heterocycles. The lowest BCUT2D eigenvalue weighted by molar-refractivity contribution is -0.143. The summed E-state index contributed by atoms with van der Waals surface area (Å²) in [6.07, 6.45) is 0.267. The summed E-state index contributed by atoms with van der Waals surface area (Å²) in [5.41, 5.74) is 2.13. The number of amides is 2. The zero-order chi connectivity index (χ0) is 16.6. The molecule has 23 heavy (non-hydrogen) atoms. The predicted octanol–water partition coefficient (Wildman–Crippen LogP) is 0.0936. The van der Waals surface area contributed by atoms with E-state index in [9.17, 15) is 9.59 Å². The summed E-state index contributed by atoms with van der Waals surface area (Å²) in [6, 6.07) is 1.99. The summed E-state index contributed by atoms with van der Waals surface area (Å²) in [5.74, 6) is 0.0327. The number of hydrogen-bond donors (Lipinski definition) is 1. The van der Waals surface area contributed by atoms with Gasteiger partial charge in [-0.2, -0.15) is 5.10 Å². The first kappa shape index (κ1) is 16.0. The normalized spacial score (nSPS) is 22.8. The standard InChI is InChI=1S/C16H25N5O2/c1-4-19-6-5-17-16(23)14(19)8-15(22)20-9-13(10-20)21-12(3)7-11(2)18-21/h7,13-14H,4-6,8-10H2,1-3H3,(H,17,23). The van der Waals surface area contributed by atoms with Gasteiger partial charge in [-0.25, -0.2) is 0 Å². The van der Waals surface area contributed by atoms with Crippen LogP contribution in [0.25, 0.3) is 0 Å². The highest BCUT2D eigenvalue weighted by molar-refractivity contribution is 5.89. The molecule has 126 valence electrons. The van der Waals surface area contributed by atoms with E-state index in [4.69, 9.17) is 0 Å². The van der Waals surface area contributed by atoms with Gasteiger partial charge in [0.1, 0.15) is 0 Å². The highest BCUT2D eigenvalue weighted by Gasteiger charge is 2.37. The molecule has 2 amide bonds. The lowest BCUT2D eigenvalue weighted by atomic mass is 10.0. The highest BCUT2D eigenvalue weighted by atomic mass is 16.2. The number of carbonyl (C=O) groups is 2. The zero-order valence-electron chi connectivity index (χ0n) is 14.1. The first-order valence-corrected chi connectivity index (χ1v) is 8.32. The molecule has 2 aliphatic heterocycles. The second-order valence-electron chi connectivity index (χ2n) is 6.46. The SMILES string of the molecule is CCN1CCNC(=O)C1CC(=O)N1CC(n2nc(C)cc2C)C1. The maximum atomic E-state index is 12.5. The van der Waals surface area contributed by atoms with E-state index in [1.165, 1.54) is 0 Å². The summed E-state index contributed by atoms with van der Waals surface area (Å²) in [4.78, 5) is 28.4. The number of aromatic nitrogens is 2. The van der Waals surface area contributed by atoms with Crippen molar-refractivity contribution in [1.29, 1.82) is 0 Å². The summed E-state index contributed by atoms with van der Waals surface area (Å²) < 4.78 is 2.00. The molecule has 0 radical (unpaired) electrons.